The van der Waals surface area contributed by atoms with Gasteiger partial charge in [-0.3, -0.25) is 4.79 Å². The van der Waals surface area contributed by atoms with E-state index in [0.717, 1.165) is 5.56 Å². The van der Waals surface area contributed by atoms with Gasteiger partial charge in [0.1, 0.15) is 12.4 Å². The molecule has 0 saturated heterocycles. The number of amides is 1. The highest BCUT2D eigenvalue weighted by Gasteiger charge is 2.08. The van der Waals surface area contributed by atoms with Gasteiger partial charge in [0.25, 0.3) is 5.91 Å². The van der Waals surface area contributed by atoms with Crippen molar-refractivity contribution < 1.29 is 13.9 Å². The summed E-state index contributed by atoms with van der Waals surface area (Å²) < 4.78 is 10.7. The summed E-state index contributed by atoms with van der Waals surface area (Å²) in [6, 6.07) is 19.7. The molecule has 1 heterocycles. The molecule has 2 aromatic carbocycles. The van der Waals surface area contributed by atoms with Crippen molar-refractivity contribution in [1.29, 1.82) is 5.26 Å². The highest BCUT2D eigenvalue weighted by Crippen LogP contribution is 2.18. The van der Waals surface area contributed by atoms with E-state index >= 15 is 0 Å². The smallest absolute Gasteiger partial charge is 0.291 e. The number of furan rings is 1. The number of nitrogens with one attached hydrogen (secondary N) is 1. The molecule has 5 heteroatoms. The quantitative estimate of drug-likeness (QED) is 0.772. The highest BCUT2D eigenvalue weighted by atomic mass is 16.5. The molecule has 0 atom stereocenters. The molecule has 0 aliphatic carbocycles. The predicted molar refractivity (Wildman–Crippen MR) is 88.6 cm³/mol. The summed E-state index contributed by atoms with van der Waals surface area (Å²) >= 11 is 0. The lowest BCUT2D eigenvalue weighted by Gasteiger charge is -2.09. The van der Waals surface area contributed by atoms with Gasteiger partial charge in [-0.25, -0.2) is 0 Å². The summed E-state index contributed by atoms with van der Waals surface area (Å²) in [7, 11) is 0. The Morgan fingerprint density at radius 2 is 1.88 bits per heavy atom. The van der Waals surface area contributed by atoms with Crippen LogP contribution in [-0.2, 0) is 6.61 Å². The molecule has 24 heavy (non-hydrogen) atoms. The standard InChI is InChI=1S/C19H14N2O3/c20-12-14-4-1-2-5-15(14)13-24-17-9-7-16(8-10-17)21-19(22)18-6-3-11-23-18/h1-11H,13H2,(H,21,22). The van der Waals surface area contributed by atoms with Crippen LogP contribution in [0.1, 0.15) is 21.7 Å². The number of nitrogens with zero attached hydrogens (tertiary/aromatic N) is 1. The van der Waals surface area contributed by atoms with Crippen LogP contribution < -0.4 is 10.1 Å². The van der Waals surface area contributed by atoms with Crippen molar-refractivity contribution in [2.45, 2.75) is 6.61 Å². The third-order valence-corrected chi connectivity index (χ3v) is 3.39. The number of nitriles is 1. The topological polar surface area (TPSA) is 75.3 Å². The third-order valence-electron chi connectivity index (χ3n) is 3.39. The normalized spacial score (nSPS) is 9.96. The lowest BCUT2D eigenvalue weighted by molar-refractivity contribution is 0.0996. The first-order chi connectivity index (χ1) is 11.8. The average Bonchev–Trinajstić information content (AvgIpc) is 3.16. The molecule has 0 saturated carbocycles. The van der Waals surface area contributed by atoms with Gasteiger partial charge < -0.3 is 14.5 Å². The Labute approximate surface area is 139 Å². The van der Waals surface area contributed by atoms with E-state index in [9.17, 15) is 4.79 Å². The molecule has 1 aromatic heterocycles. The second kappa shape index (κ2) is 7.16. The van der Waals surface area contributed by atoms with Crippen LogP contribution in [0.4, 0.5) is 5.69 Å². The zero-order chi connectivity index (χ0) is 16.8. The Morgan fingerprint density at radius 3 is 2.58 bits per heavy atom. The van der Waals surface area contributed by atoms with E-state index in [1.807, 2.05) is 18.2 Å². The minimum atomic E-state index is -0.309. The third kappa shape index (κ3) is 3.62. The molecule has 0 radical (unpaired) electrons. The van der Waals surface area contributed by atoms with Crippen LogP contribution in [0.2, 0.25) is 0 Å². The van der Waals surface area contributed by atoms with Crippen LogP contribution in [0.5, 0.6) is 5.75 Å². The van der Waals surface area contributed by atoms with Crippen LogP contribution in [0.25, 0.3) is 0 Å². The predicted octanol–water partition coefficient (Wildman–Crippen LogP) is 3.98. The summed E-state index contributed by atoms with van der Waals surface area (Å²) in [6.07, 6.45) is 1.45. The number of ether oxygens (including phenoxy) is 1. The van der Waals surface area contributed by atoms with Gasteiger partial charge >= 0.3 is 0 Å². The second-order valence-electron chi connectivity index (χ2n) is 5.01. The van der Waals surface area contributed by atoms with E-state index in [1.165, 1.54) is 6.26 Å². The van der Waals surface area contributed by atoms with Gasteiger partial charge in [-0.15, -0.1) is 0 Å². The van der Waals surface area contributed by atoms with E-state index in [-0.39, 0.29) is 11.7 Å². The van der Waals surface area contributed by atoms with Gasteiger partial charge in [0, 0.05) is 11.3 Å². The molecular formula is C19H14N2O3. The number of carbonyl (C=O) groups excluding carboxylic acids is 1. The van der Waals surface area contributed by atoms with Crippen LogP contribution >= 0.6 is 0 Å². The number of rotatable bonds is 5. The molecular weight excluding hydrogens is 304 g/mol. The number of benzene rings is 2. The second-order valence-corrected chi connectivity index (χ2v) is 5.01. The first-order valence-electron chi connectivity index (χ1n) is 7.32. The molecule has 0 unspecified atom stereocenters. The van der Waals surface area contributed by atoms with E-state index < -0.39 is 0 Å². The summed E-state index contributed by atoms with van der Waals surface area (Å²) in [5.41, 5.74) is 2.07. The molecule has 5 nitrogen and oxygen atoms in total. The van der Waals surface area contributed by atoms with E-state index in [1.54, 1.807) is 42.5 Å². The van der Waals surface area contributed by atoms with Crippen LogP contribution in [0.15, 0.2) is 71.3 Å². The average molecular weight is 318 g/mol. The summed E-state index contributed by atoms with van der Waals surface area (Å²) in [5, 5.41) is 11.8. The highest BCUT2D eigenvalue weighted by molar-refractivity contribution is 6.02. The fourth-order valence-electron chi connectivity index (χ4n) is 2.15. The van der Waals surface area contributed by atoms with Gasteiger partial charge in [-0.2, -0.15) is 5.26 Å². The monoisotopic (exact) mass is 318 g/mol. The van der Waals surface area contributed by atoms with E-state index in [4.69, 9.17) is 14.4 Å². The van der Waals surface area contributed by atoms with Crippen molar-refractivity contribution in [2.75, 3.05) is 5.32 Å². The first kappa shape index (κ1) is 15.4. The zero-order valence-electron chi connectivity index (χ0n) is 12.7. The molecule has 0 bridgehead atoms. The summed E-state index contributed by atoms with van der Waals surface area (Å²) in [4.78, 5) is 11.9. The van der Waals surface area contributed by atoms with Gasteiger partial charge in [-0.1, -0.05) is 18.2 Å². The lowest BCUT2D eigenvalue weighted by atomic mass is 10.1. The number of carbonyl (C=O) groups is 1. The molecule has 0 aliphatic heterocycles. The van der Waals surface area contributed by atoms with Gasteiger partial charge in [0.05, 0.1) is 17.9 Å². The summed E-state index contributed by atoms with van der Waals surface area (Å²) in [5.74, 6) is 0.596. The number of hydrogen-bond acceptors (Lipinski definition) is 4. The number of hydrogen-bond donors (Lipinski definition) is 1. The first-order valence-corrected chi connectivity index (χ1v) is 7.32. The molecule has 0 aliphatic rings. The van der Waals surface area contributed by atoms with E-state index in [0.29, 0.717) is 23.6 Å². The molecule has 3 aromatic rings. The minimum Gasteiger partial charge on any atom is -0.489 e. The van der Waals surface area contributed by atoms with Gasteiger partial charge in [-0.05, 0) is 42.5 Å². The Bertz CT molecular complexity index is 862. The molecule has 1 amide bonds. The molecule has 0 spiro atoms. The maximum atomic E-state index is 11.9. The van der Waals surface area contributed by atoms with Crippen molar-refractivity contribution in [3.63, 3.8) is 0 Å². The molecule has 118 valence electrons. The zero-order valence-corrected chi connectivity index (χ0v) is 12.7. The lowest BCUT2D eigenvalue weighted by Crippen LogP contribution is -2.10. The molecule has 3 rings (SSSR count). The SMILES string of the molecule is N#Cc1ccccc1COc1ccc(NC(=O)c2ccco2)cc1. The Kier molecular flexibility index (Phi) is 4.59. The number of anilines is 1. The van der Waals surface area contributed by atoms with Crippen molar-refractivity contribution in [3.05, 3.63) is 83.8 Å². The van der Waals surface area contributed by atoms with Crippen molar-refractivity contribution >= 4 is 11.6 Å². The maximum absolute atomic E-state index is 11.9. The van der Waals surface area contributed by atoms with Crippen LogP contribution in [0, 0.1) is 11.3 Å². The largest absolute Gasteiger partial charge is 0.489 e. The molecule has 0 fully saturated rings. The van der Waals surface area contributed by atoms with E-state index in [2.05, 4.69) is 11.4 Å². The van der Waals surface area contributed by atoms with Crippen molar-refractivity contribution in [3.8, 4) is 11.8 Å². The fourth-order valence-corrected chi connectivity index (χ4v) is 2.15. The minimum absolute atomic E-state index is 0.253. The Morgan fingerprint density at radius 1 is 1.08 bits per heavy atom. The van der Waals surface area contributed by atoms with Crippen LogP contribution in [0.3, 0.4) is 0 Å². The van der Waals surface area contributed by atoms with Crippen molar-refractivity contribution in [2.24, 2.45) is 0 Å². The van der Waals surface area contributed by atoms with Crippen LogP contribution in [-0.4, -0.2) is 5.91 Å². The van der Waals surface area contributed by atoms with Crippen molar-refractivity contribution in [1.82, 2.24) is 0 Å². The Hall–Kier alpha value is -3.52. The Balaban J connectivity index is 1.61. The maximum Gasteiger partial charge on any atom is 0.291 e. The summed E-state index contributed by atoms with van der Waals surface area (Å²) in [6.45, 7) is 0.307. The van der Waals surface area contributed by atoms with Gasteiger partial charge in [0.15, 0.2) is 5.76 Å². The molecule has 1 N–H and O–H groups in total. The fraction of sp³-hybridized carbons (Fsp3) is 0.0526. The van der Waals surface area contributed by atoms with Gasteiger partial charge in [0.2, 0.25) is 0 Å².